The van der Waals surface area contributed by atoms with Crippen molar-refractivity contribution in [1.29, 1.82) is 0 Å². The lowest BCUT2D eigenvalue weighted by Gasteiger charge is -2.47. The van der Waals surface area contributed by atoms with Crippen LogP contribution in [0.1, 0.15) is 59.3 Å². The van der Waals surface area contributed by atoms with Crippen molar-refractivity contribution >= 4 is 6.09 Å². The Morgan fingerprint density at radius 1 is 1.12 bits per heavy atom. The Morgan fingerprint density at radius 2 is 1.75 bits per heavy atom. The molecule has 1 spiro atoms. The van der Waals surface area contributed by atoms with E-state index in [4.69, 9.17) is 4.74 Å². The zero-order valence-corrected chi connectivity index (χ0v) is 10.7. The Balaban J connectivity index is 2.04. The summed E-state index contributed by atoms with van der Waals surface area (Å²) in [6.07, 6.45) is 6.75. The molecule has 1 aliphatic heterocycles. The van der Waals surface area contributed by atoms with Crippen LogP contribution in [0.25, 0.3) is 0 Å². The first-order valence-corrected chi connectivity index (χ1v) is 6.44. The fraction of sp³-hybridized carbons (Fsp3) is 0.923. The monoisotopic (exact) mass is 225 g/mol. The summed E-state index contributed by atoms with van der Waals surface area (Å²) in [5.41, 5.74) is -0.232. The van der Waals surface area contributed by atoms with Gasteiger partial charge in [0.15, 0.2) is 0 Å². The predicted molar refractivity (Wildman–Crippen MR) is 63.4 cm³/mol. The molecule has 92 valence electrons. The molecule has 0 radical (unpaired) electrons. The van der Waals surface area contributed by atoms with Crippen LogP contribution in [0.3, 0.4) is 0 Å². The lowest BCUT2D eigenvalue weighted by atomic mass is 9.81. The van der Waals surface area contributed by atoms with Gasteiger partial charge in [0.1, 0.15) is 5.60 Å². The molecule has 1 aliphatic carbocycles. The highest BCUT2D eigenvalue weighted by Gasteiger charge is 2.43. The molecule has 0 N–H and O–H groups in total. The van der Waals surface area contributed by atoms with E-state index in [1.807, 2.05) is 4.90 Å². The quantitative estimate of drug-likeness (QED) is 0.633. The first kappa shape index (κ1) is 11.7. The molecular weight excluding hydrogens is 202 g/mol. The summed E-state index contributed by atoms with van der Waals surface area (Å²) >= 11 is 0. The van der Waals surface area contributed by atoms with E-state index in [1.54, 1.807) is 0 Å². The molecule has 0 atom stereocenters. The smallest absolute Gasteiger partial charge is 0.410 e. The molecule has 2 rings (SSSR count). The number of carbonyl (C=O) groups is 1. The summed E-state index contributed by atoms with van der Waals surface area (Å²) in [5.74, 6) is 0. The zero-order valence-electron chi connectivity index (χ0n) is 10.7. The van der Waals surface area contributed by atoms with Gasteiger partial charge in [0.25, 0.3) is 0 Å². The summed E-state index contributed by atoms with van der Waals surface area (Å²) in [5, 5.41) is 0. The fourth-order valence-electron chi connectivity index (χ4n) is 2.86. The molecule has 1 heterocycles. The molecule has 3 nitrogen and oxygen atoms in total. The fourth-order valence-corrected chi connectivity index (χ4v) is 2.86. The lowest BCUT2D eigenvalue weighted by Crippen LogP contribution is -2.56. The molecule has 1 saturated carbocycles. The standard InChI is InChI=1S/C13H23NO2/c1-12(2,3)14-10-9-13(16-11(14)15)7-5-4-6-8-13/h4-10H2,1-3H3. The van der Waals surface area contributed by atoms with Crippen molar-refractivity contribution in [2.24, 2.45) is 0 Å². The van der Waals surface area contributed by atoms with Crippen LogP contribution in [0.15, 0.2) is 0 Å². The number of hydrogen-bond donors (Lipinski definition) is 0. The van der Waals surface area contributed by atoms with E-state index in [0.717, 1.165) is 25.8 Å². The Kier molecular flexibility index (Phi) is 2.89. The second-order valence-corrected chi connectivity index (χ2v) is 6.18. The van der Waals surface area contributed by atoms with Crippen LogP contribution < -0.4 is 0 Å². The minimum absolute atomic E-state index is 0.111. The van der Waals surface area contributed by atoms with Crippen molar-refractivity contribution in [2.45, 2.75) is 70.4 Å². The molecular formula is C13H23NO2. The van der Waals surface area contributed by atoms with Crippen LogP contribution in [-0.4, -0.2) is 28.7 Å². The van der Waals surface area contributed by atoms with E-state index in [9.17, 15) is 4.79 Å². The number of carbonyl (C=O) groups excluding carboxylic acids is 1. The van der Waals surface area contributed by atoms with Gasteiger partial charge in [0.05, 0.1) is 0 Å². The Hall–Kier alpha value is -0.730. The zero-order chi connectivity index (χ0) is 11.8. The molecule has 2 aliphatic rings. The van der Waals surface area contributed by atoms with Gasteiger partial charge >= 0.3 is 6.09 Å². The minimum Gasteiger partial charge on any atom is -0.443 e. The maximum atomic E-state index is 12.0. The van der Waals surface area contributed by atoms with Crippen molar-refractivity contribution in [3.8, 4) is 0 Å². The molecule has 0 aromatic rings. The largest absolute Gasteiger partial charge is 0.443 e. The molecule has 0 bridgehead atoms. The van der Waals surface area contributed by atoms with E-state index >= 15 is 0 Å². The average molecular weight is 225 g/mol. The third kappa shape index (κ3) is 2.18. The van der Waals surface area contributed by atoms with Crippen molar-refractivity contribution in [2.75, 3.05) is 6.54 Å². The Morgan fingerprint density at radius 3 is 2.25 bits per heavy atom. The molecule has 2 fully saturated rings. The van der Waals surface area contributed by atoms with E-state index in [0.29, 0.717) is 0 Å². The number of ether oxygens (including phenoxy) is 1. The van der Waals surface area contributed by atoms with Gasteiger partial charge in [0, 0.05) is 18.5 Å². The topological polar surface area (TPSA) is 29.5 Å². The summed E-state index contributed by atoms with van der Waals surface area (Å²) in [4.78, 5) is 13.9. The van der Waals surface area contributed by atoms with Crippen LogP contribution >= 0.6 is 0 Å². The Bertz CT molecular complexity index is 274. The lowest BCUT2D eigenvalue weighted by molar-refractivity contribution is -0.0833. The average Bonchev–Trinajstić information content (AvgIpc) is 2.16. The number of hydrogen-bond acceptors (Lipinski definition) is 2. The molecule has 1 saturated heterocycles. The van der Waals surface area contributed by atoms with Gasteiger partial charge in [-0.2, -0.15) is 0 Å². The molecule has 1 amide bonds. The molecule has 3 heteroatoms. The van der Waals surface area contributed by atoms with Gasteiger partial charge in [0.2, 0.25) is 0 Å². The van der Waals surface area contributed by atoms with Gasteiger partial charge in [-0.15, -0.1) is 0 Å². The van der Waals surface area contributed by atoms with Crippen LogP contribution in [0.4, 0.5) is 4.79 Å². The third-order valence-electron chi connectivity index (χ3n) is 3.89. The van der Waals surface area contributed by atoms with Gasteiger partial charge in [-0.05, 0) is 46.5 Å². The van der Waals surface area contributed by atoms with Gasteiger partial charge in [-0.25, -0.2) is 4.79 Å². The van der Waals surface area contributed by atoms with E-state index < -0.39 is 0 Å². The first-order chi connectivity index (χ1) is 7.43. The van der Waals surface area contributed by atoms with Gasteiger partial charge in [-0.3, -0.25) is 0 Å². The normalized spacial score (nSPS) is 25.7. The second-order valence-electron chi connectivity index (χ2n) is 6.18. The van der Waals surface area contributed by atoms with Gasteiger partial charge in [-0.1, -0.05) is 6.42 Å². The maximum Gasteiger partial charge on any atom is 0.410 e. The van der Waals surface area contributed by atoms with Crippen molar-refractivity contribution in [3.05, 3.63) is 0 Å². The molecule has 0 aromatic heterocycles. The number of nitrogens with zero attached hydrogens (tertiary/aromatic N) is 1. The van der Waals surface area contributed by atoms with Crippen molar-refractivity contribution in [1.82, 2.24) is 4.90 Å². The van der Waals surface area contributed by atoms with Crippen LogP contribution in [0, 0.1) is 0 Å². The third-order valence-corrected chi connectivity index (χ3v) is 3.89. The number of amides is 1. The van der Waals surface area contributed by atoms with Crippen molar-refractivity contribution in [3.63, 3.8) is 0 Å². The molecule has 0 unspecified atom stereocenters. The summed E-state index contributed by atoms with van der Waals surface area (Å²) in [7, 11) is 0. The summed E-state index contributed by atoms with van der Waals surface area (Å²) in [6, 6.07) is 0. The van der Waals surface area contributed by atoms with Crippen LogP contribution in [0.5, 0.6) is 0 Å². The maximum absolute atomic E-state index is 12.0. The Labute approximate surface area is 98.1 Å². The highest BCUT2D eigenvalue weighted by molar-refractivity contribution is 5.70. The number of rotatable bonds is 0. The van der Waals surface area contributed by atoms with Crippen LogP contribution in [0.2, 0.25) is 0 Å². The summed E-state index contributed by atoms with van der Waals surface area (Å²) < 4.78 is 5.74. The molecule has 16 heavy (non-hydrogen) atoms. The second kappa shape index (κ2) is 3.94. The van der Waals surface area contributed by atoms with E-state index in [2.05, 4.69) is 20.8 Å². The summed E-state index contributed by atoms with van der Waals surface area (Å²) in [6.45, 7) is 7.04. The van der Waals surface area contributed by atoms with E-state index in [1.165, 1.54) is 19.3 Å². The van der Waals surface area contributed by atoms with Crippen molar-refractivity contribution < 1.29 is 9.53 Å². The first-order valence-electron chi connectivity index (χ1n) is 6.44. The highest BCUT2D eigenvalue weighted by Crippen LogP contribution is 2.38. The minimum atomic E-state index is -0.118. The van der Waals surface area contributed by atoms with Crippen LogP contribution in [-0.2, 0) is 4.74 Å². The SMILES string of the molecule is CC(C)(C)N1CCC2(CCCCC2)OC1=O. The van der Waals surface area contributed by atoms with Gasteiger partial charge < -0.3 is 9.64 Å². The molecule has 0 aromatic carbocycles. The van der Waals surface area contributed by atoms with E-state index in [-0.39, 0.29) is 17.2 Å². The predicted octanol–water partition coefficient (Wildman–Crippen LogP) is 3.33. The highest BCUT2D eigenvalue weighted by atomic mass is 16.6.